The lowest BCUT2D eigenvalue weighted by Crippen LogP contribution is -1.82. The highest BCUT2D eigenvalue weighted by Gasteiger charge is 2.10. The molecule has 0 saturated carbocycles. The summed E-state index contributed by atoms with van der Waals surface area (Å²) in [5.41, 5.74) is 1.57. The fraction of sp³-hybridized carbons (Fsp3) is 0.273. The molecule has 0 unspecified atom stereocenters. The maximum absolute atomic E-state index is 6.06. The molecule has 0 N–H and O–H groups in total. The zero-order valence-corrected chi connectivity index (χ0v) is 11.2. The molecule has 82 valence electrons. The minimum absolute atomic E-state index is 0.425. The van der Waals surface area contributed by atoms with Gasteiger partial charge in [-0.1, -0.05) is 25.4 Å². The Morgan fingerprint density at radius 3 is 2.88 bits per heavy atom. The maximum Gasteiger partial charge on any atom is 0.0964 e. The van der Waals surface area contributed by atoms with Gasteiger partial charge in [0, 0.05) is 5.92 Å². The van der Waals surface area contributed by atoms with E-state index in [1.165, 1.54) is 0 Å². The first-order valence-corrected chi connectivity index (χ1v) is 6.40. The molecule has 0 fully saturated rings. The molecule has 1 heterocycles. The van der Waals surface area contributed by atoms with E-state index in [0.29, 0.717) is 16.6 Å². The molecule has 2 nitrogen and oxygen atoms in total. The van der Waals surface area contributed by atoms with Gasteiger partial charge in [0.05, 0.1) is 31.1 Å². The Balaban J connectivity index is 2.65. The number of aliphatic imine (C=N–C) groups is 1. The van der Waals surface area contributed by atoms with Gasteiger partial charge in [0.15, 0.2) is 0 Å². The van der Waals surface area contributed by atoms with E-state index in [1.54, 1.807) is 11.3 Å². The summed E-state index contributed by atoms with van der Waals surface area (Å²) >= 11 is 12.3. The second kappa shape index (κ2) is 4.60. The van der Waals surface area contributed by atoms with E-state index in [4.69, 9.17) is 11.6 Å². The molecule has 5 heteroatoms. The van der Waals surface area contributed by atoms with Crippen molar-refractivity contribution < 1.29 is 0 Å². The topological polar surface area (TPSA) is 25.2 Å². The van der Waals surface area contributed by atoms with Crippen LogP contribution in [0.5, 0.6) is 0 Å². The lowest BCUT2D eigenvalue weighted by Gasteiger charge is -1.94. The Bertz CT molecular complexity index is 583. The molecule has 0 atom stereocenters. The van der Waals surface area contributed by atoms with Crippen LogP contribution >= 0.6 is 35.2 Å². The van der Waals surface area contributed by atoms with Crippen LogP contribution in [-0.4, -0.2) is 10.1 Å². The monoisotopic (exact) mass is 268 g/mol. The first kappa shape index (κ1) is 11.7. The lowest BCUT2D eigenvalue weighted by atomic mass is 10.2. The van der Waals surface area contributed by atoms with Gasteiger partial charge in [-0.25, -0.2) is 4.98 Å². The predicted molar refractivity (Wildman–Crippen MR) is 73.4 cm³/mol. The molecule has 0 aliphatic carbocycles. The third-order valence-electron chi connectivity index (χ3n) is 2.13. The van der Waals surface area contributed by atoms with Crippen molar-refractivity contribution in [1.82, 2.24) is 4.98 Å². The van der Waals surface area contributed by atoms with E-state index >= 15 is 0 Å². The van der Waals surface area contributed by atoms with Crippen molar-refractivity contribution in [1.29, 1.82) is 0 Å². The van der Waals surface area contributed by atoms with Crippen molar-refractivity contribution in [2.45, 2.75) is 19.8 Å². The van der Waals surface area contributed by atoms with Gasteiger partial charge >= 0.3 is 0 Å². The highest BCUT2D eigenvalue weighted by molar-refractivity contribution is 7.78. The second-order valence-corrected chi connectivity index (χ2v) is 5.33. The Morgan fingerprint density at radius 2 is 2.25 bits per heavy atom. The van der Waals surface area contributed by atoms with E-state index in [2.05, 4.69) is 41.2 Å². The van der Waals surface area contributed by atoms with Crippen molar-refractivity contribution in [3.63, 3.8) is 0 Å². The molecule has 0 aliphatic rings. The first-order chi connectivity index (χ1) is 7.61. The third kappa shape index (κ3) is 2.15. The van der Waals surface area contributed by atoms with Gasteiger partial charge in [0.25, 0.3) is 0 Å². The number of nitrogens with zero attached hydrogens (tertiary/aromatic N) is 2. The summed E-state index contributed by atoms with van der Waals surface area (Å²) < 4.78 is 1.08. The summed E-state index contributed by atoms with van der Waals surface area (Å²) in [4.78, 5) is 8.44. The van der Waals surface area contributed by atoms with Crippen LogP contribution in [0.25, 0.3) is 10.2 Å². The average Bonchev–Trinajstić information content (AvgIpc) is 2.61. The summed E-state index contributed by atoms with van der Waals surface area (Å²) in [5, 5.41) is 3.99. The summed E-state index contributed by atoms with van der Waals surface area (Å²) in [6, 6.07) is 3.73. The Labute approximate surface area is 108 Å². The van der Waals surface area contributed by atoms with Crippen LogP contribution in [0.4, 0.5) is 5.69 Å². The van der Waals surface area contributed by atoms with Crippen molar-refractivity contribution in [3.8, 4) is 0 Å². The zero-order chi connectivity index (χ0) is 11.7. The van der Waals surface area contributed by atoms with Gasteiger partial charge in [-0.2, -0.15) is 4.99 Å². The Hall–Kier alpha value is -0.800. The summed E-state index contributed by atoms with van der Waals surface area (Å²) in [6.45, 7) is 4.24. The van der Waals surface area contributed by atoms with Gasteiger partial charge in [0.1, 0.15) is 0 Å². The highest BCUT2D eigenvalue weighted by Crippen LogP contribution is 2.34. The summed E-state index contributed by atoms with van der Waals surface area (Å²) in [7, 11) is 0. The van der Waals surface area contributed by atoms with Crippen LogP contribution in [0, 0.1) is 0 Å². The van der Waals surface area contributed by atoms with Gasteiger partial charge in [-0.15, -0.1) is 11.3 Å². The van der Waals surface area contributed by atoms with Crippen LogP contribution in [0.2, 0.25) is 5.02 Å². The number of hydrogen-bond donors (Lipinski definition) is 0. The average molecular weight is 269 g/mol. The van der Waals surface area contributed by atoms with Crippen molar-refractivity contribution in [3.05, 3.63) is 22.2 Å². The number of thiocarbonyl (C=S) groups is 1. The largest absolute Gasteiger partial charge is 0.241 e. The second-order valence-electron chi connectivity index (χ2n) is 3.68. The van der Waals surface area contributed by atoms with E-state index in [1.807, 2.05) is 12.1 Å². The molecule has 2 aromatic rings. The zero-order valence-electron chi connectivity index (χ0n) is 8.82. The molecule has 0 radical (unpaired) electrons. The summed E-state index contributed by atoms with van der Waals surface area (Å²) in [5.74, 6) is 0.425. The molecule has 0 bridgehead atoms. The third-order valence-corrected chi connectivity index (χ3v) is 3.85. The van der Waals surface area contributed by atoms with E-state index < -0.39 is 0 Å². The van der Waals surface area contributed by atoms with Gasteiger partial charge in [-0.05, 0) is 24.4 Å². The van der Waals surface area contributed by atoms with Gasteiger partial charge in [-0.3, -0.25) is 0 Å². The SMILES string of the molecule is CC(C)c1nc2cc(Cl)c(N=C=S)cc2s1. The van der Waals surface area contributed by atoms with Crippen LogP contribution in [0.15, 0.2) is 17.1 Å². The number of thiazole rings is 1. The van der Waals surface area contributed by atoms with Gasteiger partial charge in [0.2, 0.25) is 0 Å². The summed E-state index contributed by atoms with van der Waals surface area (Å²) in [6.07, 6.45) is 0. The lowest BCUT2D eigenvalue weighted by molar-refractivity contribution is 0.857. The number of isothiocyanates is 1. The standard InChI is InChI=1S/C11H9ClN2S2/c1-6(2)11-14-9-3-7(12)8(13-5-15)4-10(9)16-11/h3-4,6H,1-2H3. The predicted octanol–water partition coefficient (Wildman–Crippen LogP) is 4.81. The maximum atomic E-state index is 6.06. The van der Waals surface area contributed by atoms with Crippen molar-refractivity contribution in [2.24, 2.45) is 4.99 Å². The Morgan fingerprint density at radius 1 is 1.50 bits per heavy atom. The number of fused-ring (bicyclic) bond motifs is 1. The molecular formula is C11H9ClN2S2. The number of benzene rings is 1. The smallest absolute Gasteiger partial charge is 0.0964 e. The molecule has 16 heavy (non-hydrogen) atoms. The number of hydrogen-bond acceptors (Lipinski definition) is 4. The van der Waals surface area contributed by atoms with Crippen molar-refractivity contribution in [2.75, 3.05) is 0 Å². The first-order valence-electron chi connectivity index (χ1n) is 4.79. The number of aromatic nitrogens is 1. The molecule has 0 saturated heterocycles. The quantitative estimate of drug-likeness (QED) is 0.577. The van der Waals surface area contributed by atoms with E-state index in [-0.39, 0.29) is 0 Å². The Kier molecular flexibility index (Phi) is 3.36. The van der Waals surface area contributed by atoms with E-state index in [0.717, 1.165) is 15.2 Å². The molecule has 0 spiro atoms. The minimum atomic E-state index is 0.425. The fourth-order valence-corrected chi connectivity index (χ4v) is 2.62. The molecule has 1 aromatic heterocycles. The molecular weight excluding hydrogens is 260 g/mol. The number of halogens is 1. The molecule has 0 aliphatic heterocycles. The molecule has 2 rings (SSSR count). The van der Waals surface area contributed by atoms with E-state index in [9.17, 15) is 0 Å². The molecule has 0 amide bonds. The van der Waals surface area contributed by atoms with Crippen LogP contribution in [-0.2, 0) is 0 Å². The van der Waals surface area contributed by atoms with Crippen LogP contribution in [0.3, 0.4) is 0 Å². The number of rotatable bonds is 2. The van der Waals surface area contributed by atoms with Crippen molar-refractivity contribution >= 4 is 56.2 Å². The van der Waals surface area contributed by atoms with Gasteiger partial charge < -0.3 is 0 Å². The van der Waals surface area contributed by atoms with Crippen LogP contribution in [0.1, 0.15) is 24.8 Å². The fourth-order valence-electron chi connectivity index (χ4n) is 1.34. The normalized spacial score (nSPS) is 10.8. The molecule has 1 aromatic carbocycles. The van der Waals surface area contributed by atoms with Crippen LogP contribution < -0.4 is 0 Å². The highest BCUT2D eigenvalue weighted by atomic mass is 35.5. The minimum Gasteiger partial charge on any atom is -0.241 e.